The molecule has 2 rings (SSSR count). The highest BCUT2D eigenvalue weighted by Crippen LogP contribution is 2.28. The Morgan fingerprint density at radius 1 is 1.00 bits per heavy atom. The first-order chi connectivity index (χ1) is 12.6. The largest absolute Gasteiger partial charge is 0.497 e. The van der Waals surface area contributed by atoms with E-state index in [4.69, 9.17) is 9.47 Å². The number of rotatable bonds is 4. The molecule has 0 aliphatic rings. The lowest BCUT2D eigenvalue weighted by Crippen LogP contribution is -2.27. The quantitative estimate of drug-likeness (QED) is 0.587. The minimum Gasteiger partial charge on any atom is -0.497 e. The van der Waals surface area contributed by atoms with Crippen molar-refractivity contribution in [2.75, 3.05) is 17.7 Å². The third-order valence-corrected chi connectivity index (χ3v) is 4.71. The van der Waals surface area contributed by atoms with Crippen LogP contribution in [0.25, 0.3) is 0 Å². The predicted octanol–water partition coefficient (Wildman–Crippen LogP) is 5.21. The second-order valence-electron chi connectivity index (χ2n) is 6.96. The van der Waals surface area contributed by atoms with Gasteiger partial charge >= 0.3 is 6.09 Å². The van der Waals surface area contributed by atoms with Crippen molar-refractivity contribution in [3.05, 3.63) is 51.1 Å². The van der Waals surface area contributed by atoms with Crippen LogP contribution in [0.1, 0.15) is 36.7 Å². The van der Waals surface area contributed by atoms with Crippen LogP contribution in [0.3, 0.4) is 0 Å². The maximum Gasteiger partial charge on any atom is 0.412 e. The maximum atomic E-state index is 12.6. The summed E-state index contributed by atoms with van der Waals surface area (Å²) in [6.07, 6.45) is -0.604. The molecular weight excluding hydrogens is 459 g/mol. The molecule has 0 unspecified atom stereocenters. The summed E-state index contributed by atoms with van der Waals surface area (Å²) in [5, 5.41) is 5.49. The minimum absolute atomic E-state index is 0.284. The number of carbonyl (C=O) groups is 2. The Morgan fingerprint density at radius 2 is 1.70 bits per heavy atom. The van der Waals surface area contributed by atoms with Gasteiger partial charge in [0.25, 0.3) is 5.91 Å². The number of anilines is 2. The van der Waals surface area contributed by atoms with Gasteiger partial charge in [-0.1, -0.05) is 6.07 Å². The zero-order chi connectivity index (χ0) is 20.2. The van der Waals surface area contributed by atoms with Crippen molar-refractivity contribution in [1.29, 1.82) is 0 Å². The van der Waals surface area contributed by atoms with E-state index in [1.807, 2.05) is 19.1 Å². The predicted molar refractivity (Wildman–Crippen MR) is 115 cm³/mol. The lowest BCUT2D eigenvalue weighted by atomic mass is 10.1. The average Bonchev–Trinajstić information content (AvgIpc) is 2.57. The van der Waals surface area contributed by atoms with E-state index < -0.39 is 11.7 Å². The van der Waals surface area contributed by atoms with Crippen molar-refractivity contribution < 1.29 is 19.1 Å². The van der Waals surface area contributed by atoms with E-state index in [1.165, 1.54) is 7.11 Å². The van der Waals surface area contributed by atoms with Gasteiger partial charge in [0.15, 0.2) is 0 Å². The third kappa shape index (κ3) is 6.13. The number of hydrogen-bond donors (Lipinski definition) is 2. The van der Waals surface area contributed by atoms with E-state index in [0.29, 0.717) is 22.7 Å². The molecule has 0 atom stereocenters. The van der Waals surface area contributed by atoms with Crippen molar-refractivity contribution in [2.24, 2.45) is 0 Å². The van der Waals surface area contributed by atoms with E-state index in [2.05, 4.69) is 33.2 Å². The minimum atomic E-state index is -0.626. The molecule has 27 heavy (non-hydrogen) atoms. The van der Waals surface area contributed by atoms with Crippen LogP contribution in [-0.4, -0.2) is 24.7 Å². The highest BCUT2D eigenvalue weighted by atomic mass is 127. The van der Waals surface area contributed by atoms with E-state index >= 15 is 0 Å². The zero-order valence-electron chi connectivity index (χ0n) is 16.0. The van der Waals surface area contributed by atoms with Crippen LogP contribution in [0.5, 0.6) is 5.75 Å². The normalized spacial score (nSPS) is 10.9. The van der Waals surface area contributed by atoms with Gasteiger partial charge in [0.2, 0.25) is 0 Å². The number of benzene rings is 2. The first-order valence-corrected chi connectivity index (χ1v) is 9.42. The standard InChI is InChI=1S/C20H23IN2O4/c1-12-6-7-13(10-15(12)21)18(24)22-17-11-14(26-5)8-9-16(17)23-19(25)27-20(2,3)4/h6-11H,1-5H3,(H,22,24)(H,23,25). The fourth-order valence-corrected chi connectivity index (χ4v) is 2.72. The van der Waals surface area contributed by atoms with Gasteiger partial charge in [0, 0.05) is 15.2 Å². The molecule has 0 spiro atoms. The fourth-order valence-electron chi connectivity index (χ4n) is 2.20. The van der Waals surface area contributed by atoms with Crippen molar-refractivity contribution in [3.63, 3.8) is 0 Å². The fraction of sp³-hybridized carbons (Fsp3) is 0.300. The SMILES string of the molecule is COc1ccc(NC(=O)OC(C)(C)C)c(NC(=O)c2ccc(C)c(I)c2)c1. The Bertz CT molecular complexity index is 860. The summed E-state index contributed by atoms with van der Waals surface area (Å²) in [5.41, 5.74) is 1.83. The van der Waals surface area contributed by atoms with Gasteiger partial charge in [0.1, 0.15) is 11.4 Å². The second-order valence-corrected chi connectivity index (χ2v) is 8.12. The summed E-state index contributed by atoms with van der Waals surface area (Å²) in [4.78, 5) is 24.7. The lowest BCUT2D eigenvalue weighted by molar-refractivity contribution is 0.0635. The molecule has 0 radical (unpaired) electrons. The number of carbonyl (C=O) groups excluding carboxylic acids is 2. The number of amides is 2. The second kappa shape index (κ2) is 8.60. The number of aryl methyl sites for hydroxylation is 1. The Balaban J connectivity index is 2.26. The zero-order valence-corrected chi connectivity index (χ0v) is 18.1. The van der Waals surface area contributed by atoms with Crippen molar-refractivity contribution in [3.8, 4) is 5.75 Å². The van der Waals surface area contributed by atoms with Crippen LogP contribution in [0.15, 0.2) is 36.4 Å². The van der Waals surface area contributed by atoms with Crippen LogP contribution in [-0.2, 0) is 4.74 Å². The third-order valence-electron chi connectivity index (χ3n) is 3.54. The van der Waals surface area contributed by atoms with Crippen molar-refractivity contribution in [1.82, 2.24) is 0 Å². The molecule has 0 aliphatic carbocycles. The van der Waals surface area contributed by atoms with E-state index in [-0.39, 0.29) is 5.91 Å². The average molecular weight is 482 g/mol. The molecule has 2 amide bonds. The molecule has 0 fully saturated rings. The van der Waals surface area contributed by atoms with Gasteiger partial charge in [-0.3, -0.25) is 10.1 Å². The molecule has 0 saturated carbocycles. The number of methoxy groups -OCH3 is 1. The van der Waals surface area contributed by atoms with Gasteiger partial charge in [-0.15, -0.1) is 0 Å². The maximum absolute atomic E-state index is 12.6. The molecule has 6 nitrogen and oxygen atoms in total. The number of nitrogens with one attached hydrogen (secondary N) is 2. The van der Waals surface area contributed by atoms with Crippen molar-refractivity contribution in [2.45, 2.75) is 33.3 Å². The molecular formula is C20H23IN2O4. The summed E-state index contributed by atoms with van der Waals surface area (Å²) >= 11 is 2.19. The highest BCUT2D eigenvalue weighted by molar-refractivity contribution is 14.1. The summed E-state index contributed by atoms with van der Waals surface area (Å²) < 4.78 is 11.5. The number of halogens is 1. The molecule has 144 valence electrons. The molecule has 0 saturated heterocycles. The Morgan fingerprint density at radius 3 is 2.30 bits per heavy atom. The van der Waals surface area contributed by atoms with Crippen LogP contribution >= 0.6 is 22.6 Å². The first-order valence-electron chi connectivity index (χ1n) is 8.34. The molecule has 7 heteroatoms. The summed E-state index contributed by atoms with van der Waals surface area (Å²) in [5.74, 6) is 0.270. The lowest BCUT2D eigenvalue weighted by Gasteiger charge is -2.21. The molecule has 0 bridgehead atoms. The van der Waals surface area contributed by atoms with Gasteiger partial charge < -0.3 is 14.8 Å². The Labute approximate surface area is 172 Å². The summed E-state index contributed by atoms with van der Waals surface area (Å²) in [6.45, 7) is 7.32. The summed E-state index contributed by atoms with van der Waals surface area (Å²) in [7, 11) is 1.53. The van der Waals surface area contributed by atoms with Crippen molar-refractivity contribution >= 4 is 46.0 Å². The number of ether oxygens (including phenoxy) is 2. The highest BCUT2D eigenvalue weighted by Gasteiger charge is 2.18. The molecule has 0 aliphatic heterocycles. The van der Waals surface area contributed by atoms with Gasteiger partial charge in [-0.05, 0) is 80.1 Å². The van der Waals surface area contributed by atoms with E-state index in [0.717, 1.165) is 9.13 Å². The van der Waals surface area contributed by atoms with Crippen LogP contribution in [0.4, 0.5) is 16.2 Å². The van der Waals surface area contributed by atoms with Gasteiger partial charge in [0.05, 0.1) is 18.5 Å². The summed E-state index contributed by atoms with van der Waals surface area (Å²) in [6, 6.07) is 10.4. The van der Waals surface area contributed by atoms with E-state index in [1.54, 1.807) is 45.0 Å². The van der Waals surface area contributed by atoms with E-state index in [9.17, 15) is 9.59 Å². The molecule has 0 aromatic heterocycles. The molecule has 0 heterocycles. The van der Waals surface area contributed by atoms with Gasteiger partial charge in [-0.2, -0.15) is 0 Å². The number of hydrogen-bond acceptors (Lipinski definition) is 4. The Kier molecular flexibility index (Phi) is 6.69. The van der Waals surface area contributed by atoms with Gasteiger partial charge in [-0.25, -0.2) is 4.79 Å². The molecule has 2 aromatic rings. The molecule has 2 aromatic carbocycles. The molecule has 2 N–H and O–H groups in total. The first kappa shape index (κ1) is 21.0. The smallest absolute Gasteiger partial charge is 0.412 e. The topological polar surface area (TPSA) is 76.7 Å². The van der Waals surface area contributed by atoms with Crippen LogP contribution < -0.4 is 15.4 Å². The van der Waals surface area contributed by atoms with Crippen LogP contribution in [0.2, 0.25) is 0 Å². The Hall–Kier alpha value is -2.29. The monoisotopic (exact) mass is 482 g/mol. The van der Waals surface area contributed by atoms with Crippen LogP contribution in [0, 0.1) is 10.5 Å².